The fourth-order valence-corrected chi connectivity index (χ4v) is 5.44. The molecule has 1 saturated heterocycles. The van der Waals surface area contributed by atoms with Crippen LogP contribution in [0.5, 0.6) is 5.88 Å². The fourth-order valence-electron chi connectivity index (χ4n) is 4.89. The number of nitrogens with zero attached hydrogens (tertiary/aromatic N) is 4. The Morgan fingerprint density at radius 2 is 1.86 bits per heavy atom. The van der Waals surface area contributed by atoms with Crippen molar-refractivity contribution in [3.63, 3.8) is 0 Å². The largest absolute Gasteiger partial charge is 0.483 e. The summed E-state index contributed by atoms with van der Waals surface area (Å²) in [6.07, 6.45) is 4.52. The van der Waals surface area contributed by atoms with Crippen LogP contribution in [0.1, 0.15) is 30.0 Å². The van der Waals surface area contributed by atoms with Crippen molar-refractivity contribution in [3.05, 3.63) is 60.2 Å². The molecule has 0 unspecified atom stereocenters. The van der Waals surface area contributed by atoms with Crippen LogP contribution in [0.15, 0.2) is 48.8 Å². The third kappa shape index (κ3) is 8.24. The lowest BCUT2D eigenvalue weighted by Crippen LogP contribution is -2.45. The standard InChI is InChI=1S/C27H31N7O5S.CH2O2/c1-16-13-34(14-17(2)39-16)15-20-6-5-7-22(30-20)26(35)31-23-8-18(9-24-21(23)12-29-32-24)19-10-25(33-40(4,36)37)27(38-3)28-11-19;2-1-3/h5-12,16-17,33H,13-15H2,1-4H3,(H,29,32)(H,31,35);1H,(H,2,3)/t16-,17+;. The van der Waals surface area contributed by atoms with Crippen LogP contribution in [0.3, 0.4) is 0 Å². The summed E-state index contributed by atoms with van der Waals surface area (Å²) < 4.78 is 37.2. The molecule has 1 amide bonds. The number of methoxy groups -OCH3 is 1. The smallest absolute Gasteiger partial charge is 0.290 e. The maximum Gasteiger partial charge on any atom is 0.290 e. The molecule has 0 bridgehead atoms. The maximum atomic E-state index is 13.3. The van der Waals surface area contributed by atoms with E-state index in [1.807, 2.05) is 18.2 Å². The second-order valence-corrected chi connectivity index (χ2v) is 11.8. The summed E-state index contributed by atoms with van der Waals surface area (Å²) in [6.45, 7) is 6.07. The number of fused-ring (bicyclic) bond motifs is 1. The molecule has 0 saturated carbocycles. The zero-order valence-electron chi connectivity index (χ0n) is 24.1. The minimum Gasteiger partial charge on any atom is -0.483 e. The van der Waals surface area contributed by atoms with E-state index >= 15 is 0 Å². The van der Waals surface area contributed by atoms with Gasteiger partial charge in [-0.05, 0) is 49.7 Å². The van der Waals surface area contributed by atoms with E-state index in [0.717, 1.165) is 25.0 Å². The van der Waals surface area contributed by atoms with Crippen molar-refractivity contribution in [1.29, 1.82) is 0 Å². The molecule has 5 rings (SSSR count). The van der Waals surface area contributed by atoms with Crippen molar-refractivity contribution in [1.82, 2.24) is 25.1 Å². The van der Waals surface area contributed by atoms with Gasteiger partial charge in [-0.15, -0.1) is 0 Å². The first-order chi connectivity index (χ1) is 20.5. The number of hydrogen-bond donors (Lipinski definition) is 4. The van der Waals surface area contributed by atoms with Crippen molar-refractivity contribution < 1.29 is 32.6 Å². The Bertz CT molecular complexity index is 1700. The number of aromatic nitrogens is 4. The topological polar surface area (TPSA) is 189 Å². The molecule has 0 radical (unpaired) electrons. The highest BCUT2D eigenvalue weighted by atomic mass is 32.2. The summed E-state index contributed by atoms with van der Waals surface area (Å²) in [6, 6.07) is 10.7. The zero-order valence-corrected chi connectivity index (χ0v) is 24.9. The number of benzene rings is 1. The zero-order chi connectivity index (χ0) is 31.1. The molecule has 4 N–H and O–H groups in total. The van der Waals surface area contributed by atoms with Crippen LogP contribution >= 0.6 is 0 Å². The molecule has 4 aromatic rings. The Morgan fingerprint density at radius 1 is 1.16 bits per heavy atom. The summed E-state index contributed by atoms with van der Waals surface area (Å²) in [4.78, 5) is 32.8. The normalized spacial score (nSPS) is 17.0. The number of carbonyl (C=O) groups excluding carboxylic acids is 1. The highest BCUT2D eigenvalue weighted by Gasteiger charge is 2.23. The molecule has 4 heterocycles. The number of anilines is 2. The van der Waals surface area contributed by atoms with Crippen LogP contribution in [0.2, 0.25) is 0 Å². The molecule has 43 heavy (non-hydrogen) atoms. The second-order valence-electron chi connectivity index (χ2n) is 10.0. The fraction of sp³-hybridized carbons (Fsp3) is 0.321. The first-order valence-electron chi connectivity index (χ1n) is 13.2. The molecular weight excluding hydrogens is 578 g/mol. The predicted octanol–water partition coefficient (Wildman–Crippen LogP) is 2.96. The summed E-state index contributed by atoms with van der Waals surface area (Å²) in [5.41, 5.74) is 3.76. The van der Waals surface area contributed by atoms with Crippen molar-refractivity contribution in [3.8, 4) is 17.0 Å². The lowest BCUT2D eigenvalue weighted by Gasteiger charge is -2.35. The quantitative estimate of drug-likeness (QED) is 0.214. The Kier molecular flexibility index (Phi) is 9.90. The molecule has 1 aliphatic heterocycles. The summed E-state index contributed by atoms with van der Waals surface area (Å²) >= 11 is 0. The predicted molar refractivity (Wildman–Crippen MR) is 161 cm³/mol. The van der Waals surface area contributed by atoms with Gasteiger partial charge in [0.25, 0.3) is 12.4 Å². The highest BCUT2D eigenvalue weighted by Crippen LogP contribution is 2.33. The average Bonchev–Trinajstić information content (AvgIpc) is 3.41. The van der Waals surface area contributed by atoms with E-state index in [0.29, 0.717) is 40.0 Å². The van der Waals surface area contributed by atoms with Gasteiger partial charge >= 0.3 is 0 Å². The molecule has 0 aliphatic carbocycles. The number of rotatable bonds is 8. The van der Waals surface area contributed by atoms with Crippen LogP contribution in [0.4, 0.5) is 11.4 Å². The van der Waals surface area contributed by atoms with Gasteiger partial charge < -0.3 is 19.9 Å². The lowest BCUT2D eigenvalue weighted by atomic mass is 10.0. The summed E-state index contributed by atoms with van der Waals surface area (Å²) in [5.74, 6) is -0.227. The number of morpholine rings is 1. The van der Waals surface area contributed by atoms with Crippen molar-refractivity contribution >= 4 is 44.7 Å². The van der Waals surface area contributed by atoms with Crippen LogP contribution in [-0.4, -0.2) is 89.6 Å². The molecule has 1 aromatic carbocycles. The Labute approximate surface area is 248 Å². The first kappa shape index (κ1) is 31.3. The number of hydrogen-bond acceptors (Lipinski definition) is 10. The lowest BCUT2D eigenvalue weighted by molar-refractivity contribution is -0.122. The van der Waals surface area contributed by atoms with Gasteiger partial charge in [0.1, 0.15) is 11.4 Å². The number of aromatic amines is 1. The van der Waals surface area contributed by atoms with Crippen LogP contribution in [0, 0.1) is 0 Å². The minimum atomic E-state index is -3.57. The number of nitrogens with one attached hydrogen (secondary N) is 3. The molecule has 0 spiro atoms. The number of carbonyl (C=O) groups is 2. The second kappa shape index (κ2) is 13.6. The number of amides is 1. The number of ether oxygens (including phenoxy) is 2. The van der Waals surface area contributed by atoms with E-state index in [4.69, 9.17) is 19.4 Å². The molecular formula is C28H33N7O7S. The van der Waals surface area contributed by atoms with Crippen LogP contribution in [0.25, 0.3) is 22.0 Å². The highest BCUT2D eigenvalue weighted by molar-refractivity contribution is 7.92. The number of H-pyrrole nitrogens is 1. The molecule has 15 heteroatoms. The van der Waals surface area contributed by atoms with Gasteiger partial charge in [0.05, 0.1) is 48.7 Å². The van der Waals surface area contributed by atoms with Gasteiger partial charge in [0, 0.05) is 36.8 Å². The first-order valence-corrected chi connectivity index (χ1v) is 15.1. The van der Waals surface area contributed by atoms with Crippen LogP contribution < -0.4 is 14.8 Å². The van der Waals surface area contributed by atoms with Gasteiger partial charge in [-0.25, -0.2) is 18.4 Å². The Hall–Kier alpha value is -4.60. The maximum absolute atomic E-state index is 13.3. The van der Waals surface area contributed by atoms with Crippen molar-refractivity contribution in [2.45, 2.75) is 32.6 Å². The van der Waals surface area contributed by atoms with E-state index < -0.39 is 10.0 Å². The minimum absolute atomic E-state index is 0.136. The Morgan fingerprint density at radius 3 is 2.53 bits per heavy atom. The molecule has 2 atom stereocenters. The molecule has 14 nitrogen and oxygen atoms in total. The van der Waals surface area contributed by atoms with E-state index in [1.165, 1.54) is 7.11 Å². The Balaban J connectivity index is 0.00000135. The van der Waals surface area contributed by atoms with E-state index in [2.05, 4.69) is 49.0 Å². The van der Waals surface area contributed by atoms with E-state index in [1.54, 1.807) is 30.6 Å². The van der Waals surface area contributed by atoms with Gasteiger partial charge in [0.15, 0.2) is 0 Å². The van der Waals surface area contributed by atoms with E-state index in [9.17, 15) is 13.2 Å². The van der Waals surface area contributed by atoms with Gasteiger partial charge in [0.2, 0.25) is 15.9 Å². The molecule has 1 aliphatic rings. The molecule has 1 fully saturated rings. The van der Waals surface area contributed by atoms with Crippen molar-refractivity contribution in [2.75, 3.05) is 36.5 Å². The third-order valence-electron chi connectivity index (χ3n) is 6.40. The van der Waals surface area contributed by atoms with Gasteiger partial charge in [-0.2, -0.15) is 5.10 Å². The number of carboxylic acid groups (broad SMARTS) is 1. The molecule has 3 aromatic heterocycles. The van der Waals surface area contributed by atoms with Gasteiger partial charge in [-0.3, -0.25) is 24.3 Å². The number of pyridine rings is 2. The molecule has 228 valence electrons. The third-order valence-corrected chi connectivity index (χ3v) is 6.99. The monoisotopic (exact) mass is 611 g/mol. The van der Waals surface area contributed by atoms with Crippen molar-refractivity contribution in [2.24, 2.45) is 0 Å². The van der Waals surface area contributed by atoms with E-state index in [-0.39, 0.29) is 36.2 Å². The summed E-state index contributed by atoms with van der Waals surface area (Å²) in [5, 5.41) is 17.6. The average molecular weight is 612 g/mol. The van der Waals surface area contributed by atoms with Crippen LogP contribution in [-0.2, 0) is 26.1 Å². The number of sulfonamides is 1. The SMILES string of the molecule is COc1ncc(-c2cc(NC(=O)c3cccc(CN4C[C@@H](C)O[C@@H](C)C4)n3)c3cn[nH]c3c2)cc1NS(C)(=O)=O.O=CO. The summed E-state index contributed by atoms with van der Waals surface area (Å²) in [7, 11) is -2.16. The van der Waals surface area contributed by atoms with Gasteiger partial charge in [-0.1, -0.05) is 6.07 Å².